The zero-order valence-electron chi connectivity index (χ0n) is 14.2. The van der Waals surface area contributed by atoms with Gasteiger partial charge in [0.1, 0.15) is 10.7 Å². The highest BCUT2D eigenvalue weighted by Gasteiger charge is 2.31. The van der Waals surface area contributed by atoms with Crippen molar-refractivity contribution >= 4 is 23.2 Å². The molecule has 25 heavy (non-hydrogen) atoms. The summed E-state index contributed by atoms with van der Waals surface area (Å²) in [6.07, 6.45) is 1.61. The molecule has 1 aromatic carbocycles. The molecule has 1 fully saturated rings. The third kappa shape index (κ3) is 4.25. The van der Waals surface area contributed by atoms with Crippen molar-refractivity contribution in [3.63, 3.8) is 0 Å². The third-order valence-corrected chi connectivity index (χ3v) is 5.23. The molecule has 1 aliphatic rings. The lowest BCUT2D eigenvalue weighted by Gasteiger charge is -2.17. The van der Waals surface area contributed by atoms with Crippen molar-refractivity contribution in [3.05, 3.63) is 57.0 Å². The smallest absolute Gasteiger partial charge is 0.349 e. The number of ether oxygens (including phenoxy) is 1. The molecular formula is C19H20FNO3S. The van der Waals surface area contributed by atoms with Gasteiger partial charge in [0, 0.05) is 16.5 Å². The lowest BCUT2D eigenvalue weighted by molar-refractivity contribution is -0.130. The van der Waals surface area contributed by atoms with Crippen molar-refractivity contribution in [1.82, 2.24) is 5.32 Å². The molecule has 132 valence electrons. The van der Waals surface area contributed by atoms with E-state index in [9.17, 15) is 14.0 Å². The van der Waals surface area contributed by atoms with Gasteiger partial charge in [-0.2, -0.15) is 0 Å². The van der Waals surface area contributed by atoms with Crippen molar-refractivity contribution in [2.45, 2.75) is 45.3 Å². The lowest BCUT2D eigenvalue weighted by Crippen LogP contribution is -2.33. The van der Waals surface area contributed by atoms with Gasteiger partial charge in [-0.3, -0.25) is 4.79 Å². The van der Waals surface area contributed by atoms with Crippen LogP contribution in [-0.2, 0) is 16.0 Å². The molecule has 1 aliphatic carbocycles. The third-order valence-electron chi connectivity index (χ3n) is 4.16. The molecule has 0 radical (unpaired) electrons. The number of thiophene rings is 1. The molecule has 4 nitrogen and oxygen atoms in total. The molecule has 0 spiro atoms. The predicted molar refractivity (Wildman–Crippen MR) is 94.2 cm³/mol. The molecule has 3 rings (SSSR count). The summed E-state index contributed by atoms with van der Waals surface area (Å²) >= 11 is 1.36. The highest BCUT2D eigenvalue weighted by molar-refractivity contribution is 7.14. The van der Waals surface area contributed by atoms with Crippen LogP contribution in [0.5, 0.6) is 0 Å². The maximum absolute atomic E-state index is 13.2. The Morgan fingerprint density at radius 1 is 1.32 bits per heavy atom. The highest BCUT2D eigenvalue weighted by atomic mass is 32.1. The molecule has 0 bridgehead atoms. The monoisotopic (exact) mass is 361 g/mol. The van der Waals surface area contributed by atoms with E-state index >= 15 is 0 Å². The Morgan fingerprint density at radius 2 is 2.00 bits per heavy atom. The van der Waals surface area contributed by atoms with E-state index in [0.717, 1.165) is 29.7 Å². The first kappa shape index (κ1) is 17.6. The second-order valence-corrected chi connectivity index (χ2v) is 7.42. The average Bonchev–Trinajstić information content (AvgIpc) is 3.32. The Bertz CT molecular complexity index is 780. The SMILES string of the molecule is CCc1cc(C(=O)OC(C(=O)NC2CC2)c2ccc(F)cc2)sc1C. The summed E-state index contributed by atoms with van der Waals surface area (Å²) in [6, 6.07) is 7.40. The van der Waals surface area contributed by atoms with Crippen LogP contribution in [-0.4, -0.2) is 17.9 Å². The van der Waals surface area contributed by atoms with Crippen LogP contribution in [0.1, 0.15) is 51.5 Å². The fraction of sp³-hybridized carbons (Fsp3) is 0.368. The number of hydrogen-bond donors (Lipinski definition) is 1. The number of halogens is 1. The maximum atomic E-state index is 13.2. The molecule has 6 heteroatoms. The predicted octanol–water partition coefficient (Wildman–Crippen LogP) is 3.93. The van der Waals surface area contributed by atoms with E-state index in [1.54, 1.807) is 0 Å². The van der Waals surface area contributed by atoms with Gasteiger partial charge in [0.05, 0.1) is 0 Å². The van der Waals surface area contributed by atoms with Crippen LogP contribution in [0, 0.1) is 12.7 Å². The Morgan fingerprint density at radius 3 is 2.56 bits per heavy atom. The molecule has 2 aromatic rings. The minimum Gasteiger partial charge on any atom is -0.443 e. The molecule has 0 aliphatic heterocycles. The van der Waals surface area contributed by atoms with E-state index in [-0.39, 0.29) is 11.9 Å². The molecule has 1 atom stereocenters. The fourth-order valence-corrected chi connectivity index (χ4v) is 3.55. The summed E-state index contributed by atoms with van der Waals surface area (Å²) < 4.78 is 18.7. The summed E-state index contributed by atoms with van der Waals surface area (Å²) in [4.78, 5) is 26.6. The molecule has 1 amide bonds. The summed E-state index contributed by atoms with van der Waals surface area (Å²) in [5.74, 6) is -1.31. The molecular weight excluding hydrogens is 341 g/mol. The van der Waals surface area contributed by atoms with E-state index in [1.807, 2.05) is 19.9 Å². The van der Waals surface area contributed by atoms with Crippen LogP contribution in [0.4, 0.5) is 4.39 Å². The zero-order valence-corrected chi connectivity index (χ0v) is 15.0. The summed E-state index contributed by atoms with van der Waals surface area (Å²) in [7, 11) is 0. The van der Waals surface area contributed by atoms with E-state index in [4.69, 9.17) is 4.74 Å². The average molecular weight is 361 g/mol. The van der Waals surface area contributed by atoms with E-state index < -0.39 is 17.9 Å². The Kier molecular flexibility index (Phi) is 5.18. The van der Waals surface area contributed by atoms with E-state index in [1.165, 1.54) is 35.6 Å². The molecule has 1 N–H and O–H groups in total. The van der Waals surface area contributed by atoms with Gasteiger partial charge in [0.15, 0.2) is 0 Å². The Balaban J connectivity index is 1.81. The van der Waals surface area contributed by atoms with Crippen LogP contribution >= 0.6 is 11.3 Å². The van der Waals surface area contributed by atoms with Crippen molar-refractivity contribution in [2.75, 3.05) is 0 Å². The number of nitrogens with one attached hydrogen (secondary N) is 1. The minimum absolute atomic E-state index is 0.143. The van der Waals surface area contributed by atoms with Crippen LogP contribution < -0.4 is 5.32 Å². The first-order valence-electron chi connectivity index (χ1n) is 8.34. The van der Waals surface area contributed by atoms with Crippen LogP contribution in [0.15, 0.2) is 30.3 Å². The number of aryl methyl sites for hydroxylation is 2. The summed E-state index contributed by atoms with van der Waals surface area (Å²) in [6.45, 7) is 3.98. The quantitative estimate of drug-likeness (QED) is 0.793. The number of carbonyl (C=O) groups excluding carboxylic acids is 2. The maximum Gasteiger partial charge on any atom is 0.349 e. The van der Waals surface area contributed by atoms with Gasteiger partial charge in [0.2, 0.25) is 6.10 Å². The van der Waals surface area contributed by atoms with Gasteiger partial charge in [-0.15, -0.1) is 11.3 Å². The number of carbonyl (C=O) groups is 2. The topological polar surface area (TPSA) is 55.4 Å². The minimum atomic E-state index is -1.08. The zero-order chi connectivity index (χ0) is 18.0. The van der Waals surface area contributed by atoms with E-state index in [2.05, 4.69) is 5.32 Å². The number of rotatable bonds is 6. The van der Waals surface area contributed by atoms with Gasteiger partial charge in [-0.25, -0.2) is 9.18 Å². The van der Waals surface area contributed by atoms with Gasteiger partial charge in [-0.05, 0) is 49.9 Å². The molecule has 0 saturated heterocycles. The van der Waals surface area contributed by atoms with E-state index in [0.29, 0.717) is 10.4 Å². The van der Waals surface area contributed by atoms with Crippen LogP contribution in [0.2, 0.25) is 0 Å². The van der Waals surface area contributed by atoms with Gasteiger partial charge >= 0.3 is 5.97 Å². The summed E-state index contributed by atoms with van der Waals surface area (Å²) in [5.41, 5.74) is 1.55. The largest absolute Gasteiger partial charge is 0.443 e. The standard InChI is InChI=1S/C19H20FNO3S/c1-3-12-10-16(25-11(12)2)19(23)24-17(18(22)21-15-8-9-15)13-4-6-14(20)7-5-13/h4-7,10,15,17H,3,8-9H2,1-2H3,(H,21,22). The second kappa shape index (κ2) is 7.35. The first-order valence-corrected chi connectivity index (χ1v) is 9.15. The Hall–Kier alpha value is -2.21. The molecule has 1 heterocycles. The van der Waals surface area contributed by atoms with Crippen molar-refractivity contribution in [1.29, 1.82) is 0 Å². The number of esters is 1. The van der Waals surface area contributed by atoms with Crippen molar-refractivity contribution < 1.29 is 18.7 Å². The summed E-state index contributed by atoms with van der Waals surface area (Å²) in [5, 5.41) is 2.85. The second-order valence-electron chi connectivity index (χ2n) is 6.17. The number of hydrogen-bond acceptors (Lipinski definition) is 4. The lowest BCUT2D eigenvalue weighted by atomic mass is 10.1. The van der Waals surface area contributed by atoms with Crippen LogP contribution in [0.3, 0.4) is 0 Å². The van der Waals surface area contributed by atoms with Gasteiger partial charge in [-0.1, -0.05) is 19.1 Å². The molecule has 1 aromatic heterocycles. The fourth-order valence-electron chi connectivity index (χ4n) is 2.55. The Labute approximate surface area is 150 Å². The highest BCUT2D eigenvalue weighted by Crippen LogP contribution is 2.27. The van der Waals surface area contributed by atoms with Crippen molar-refractivity contribution in [3.8, 4) is 0 Å². The number of amides is 1. The normalized spacial score (nSPS) is 14.8. The van der Waals surface area contributed by atoms with Gasteiger partial charge in [0.25, 0.3) is 5.91 Å². The molecule has 1 saturated carbocycles. The molecule has 1 unspecified atom stereocenters. The van der Waals surface area contributed by atoms with Crippen LogP contribution in [0.25, 0.3) is 0 Å². The first-order chi connectivity index (χ1) is 12.0. The van der Waals surface area contributed by atoms with Gasteiger partial charge < -0.3 is 10.1 Å². The number of benzene rings is 1. The van der Waals surface area contributed by atoms with Crippen molar-refractivity contribution in [2.24, 2.45) is 0 Å².